The Morgan fingerprint density at radius 1 is 0.850 bits per heavy atom. The molecule has 3 aromatic carbocycles. The van der Waals surface area contributed by atoms with E-state index in [0.29, 0.717) is 0 Å². The van der Waals surface area contributed by atoms with E-state index in [2.05, 4.69) is 63.8 Å². The van der Waals surface area contributed by atoms with Gasteiger partial charge in [-0.2, -0.15) is 0 Å². The maximum atomic E-state index is 5.76. The molecule has 0 aliphatic heterocycles. The van der Waals surface area contributed by atoms with Crippen LogP contribution in [0.4, 0.5) is 5.69 Å². The van der Waals surface area contributed by atoms with Crippen LogP contribution < -0.4 is 3.95 Å². The normalized spacial score (nSPS) is 11.7. The Hall–Kier alpha value is -1.59. The minimum atomic E-state index is -0.614. The summed E-state index contributed by atoms with van der Waals surface area (Å²) in [6, 6.07) is 23.2. The maximum Gasteiger partial charge on any atom is 0.0816 e. The van der Waals surface area contributed by atoms with Crippen molar-refractivity contribution in [2.75, 3.05) is 0 Å². The number of nitrogens with two attached hydrogens (primary N) is 1. The molecule has 0 atom stereocenters. The zero-order chi connectivity index (χ0) is 13.8. The zero-order valence-corrected chi connectivity index (χ0v) is 13.1. The monoisotopic (exact) mass is 374 g/mol. The third kappa shape index (κ3) is 2.78. The first-order valence-corrected chi connectivity index (χ1v) is 8.68. The Morgan fingerprint density at radius 3 is 2.40 bits per heavy atom. The van der Waals surface area contributed by atoms with Crippen molar-refractivity contribution in [3.63, 3.8) is 0 Å². The highest BCUT2D eigenvalue weighted by molar-refractivity contribution is 14.1. The second kappa shape index (κ2) is 6.24. The average molecular weight is 374 g/mol. The van der Waals surface area contributed by atoms with Gasteiger partial charge in [0.05, 0.1) is 27.0 Å². The second-order valence-electron chi connectivity index (χ2n) is 4.64. The Morgan fingerprint density at radius 2 is 1.60 bits per heavy atom. The summed E-state index contributed by atoms with van der Waals surface area (Å²) in [4.78, 5) is 0. The topological polar surface area (TPSA) is 38.4 Å². The molecule has 0 unspecified atom stereocenters. The molecule has 0 heterocycles. The Bertz CT molecular complexity index is 751. The molecule has 0 aliphatic rings. The summed E-state index contributed by atoms with van der Waals surface area (Å²) < 4.78 is 10.4. The summed E-state index contributed by atoms with van der Waals surface area (Å²) in [7, 11) is 0. The number of hydrogen-bond donors (Lipinski definition) is 1. The molecule has 0 saturated heterocycles. The van der Waals surface area contributed by atoms with Crippen LogP contribution in [0, 0.1) is 0 Å². The predicted octanol–water partition coefficient (Wildman–Crippen LogP) is 5.09. The maximum absolute atomic E-state index is 5.76. The van der Waals surface area contributed by atoms with Crippen LogP contribution in [-0.2, 0) is 6.42 Å². The first kappa shape index (κ1) is 13.4. The summed E-state index contributed by atoms with van der Waals surface area (Å²) in [6.07, 6.45) is 0.897. The van der Waals surface area contributed by atoms with Crippen LogP contribution in [0.15, 0.2) is 69.9 Å². The molecule has 20 heavy (non-hydrogen) atoms. The van der Waals surface area contributed by atoms with Crippen LogP contribution >= 0.6 is 21.3 Å². The van der Waals surface area contributed by atoms with Crippen molar-refractivity contribution in [2.45, 2.75) is 6.42 Å². The van der Waals surface area contributed by atoms with E-state index in [4.69, 9.17) is 3.95 Å². The van der Waals surface area contributed by atoms with Crippen LogP contribution in [0.25, 0.3) is 10.8 Å². The van der Waals surface area contributed by atoms with Crippen molar-refractivity contribution in [3.8, 4) is 0 Å². The van der Waals surface area contributed by atoms with Gasteiger partial charge in [-0.1, -0.05) is 66.7 Å². The fourth-order valence-corrected chi connectivity index (χ4v) is 3.26. The molecule has 0 saturated carbocycles. The van der Waals surface area contributed by atoms with Crippen molar-refractivity contribution < 1.29 is 0 Å². The van der Waals surface area contributed by atoms with Crippen LogP contribution in [0.5, 0.6) is 0 Å². The minimum absolute atomic E-state index is 0.614. The molecule has 0 fully saturated rings. The molecule has 100 valence electrons. The lowest BCUT2D eigenvalue weighted by atomic mass is 9.99. The quantitative estimate of drug-likeness (QED) is 0.503. The van der Waals surface area contributed by atoms with E-state index in [9.17, 15) is 0 Å². The number of rotatable bonds is 3. The smallest absolute Gasteiger partial charge is 0.0816 e. The molecule has 3 heteroatoms. The highest BCUT2D eigenvalue weighted by Gasteiger charge is 2.07. The minimum Gasteiger partial charge on any atom is -0.265 e. The van der Waals surface area contributed by atoms with Gasteiger partial charge in [-0.3, -0.25) is 3.95 Å². The van der Waals surface area contributed by atoms with Crippen LogP contribution in [0.1, 0.15) is 11.1 Å². The molecule has 3 aromatic rings. The van der Waals surface area contributed by atoms with E-state index in [0.717, 1.165) is 12.1 Å². The Kier molecular flexibility index (Phi) is 4.18. The molecule has 0 aliphatic carbocycles. The Labute approximate surface area is 129 Å². The highest BCUT2D eigenvalue weighted by atomic mass is 127. The number of fused-ring (bicyclic) bond motifs is 1. The highest BCUT2D eigenvalue weighted by Crippen LogP contribution is 2.33. The average Bonchev–Trinajstić information content (AvgIpc) is 2.51. The lowest BCUT2D eigenvalue weighted by molar-refractivity contribution is 1.20. The zero-order valence-electron chi connectivity index (χ0n) is 11.0. The largest absolute Gasteiger partial charge is 0.265 e. The van der Waals surface area contributed by atoms with Gasteiger partial charge in [0.1, 0.15) is 0 Å². The molecule has 0 bridgehead atoms. The van der Waals surface area contributed by atoms with Crippen LogP contribution in [-0.4, -0.2) is 0 Å². The molecule has 2 nitrogen and oxygen atoms in total. The third-order valence-corrected chi connectivity index (χ3v) is 4.12. The molecular weight excluding hydrogens is 359 g/mol. The molecule has 0 radical (unpaired) electrons. The number of halogens is 1. The van der Waals surface area contributed by atoms with Gasteiger partial charge in [0.25, 0.3) is 0 Å². The van der Waals surface area contributed by atoms with E-state index in [1.165, 1.54) is 21.9 Å². The van der Waals surface area contributed by atoms with Crippen molar-refractivity contribution >= 4 is 37.8 Å². The molecule has 0 spiro atoms. The van der Waals surface area contributed by atoms with Gasteiger partial charge in [0.2, 0.25) is 0 Å². The van der Waals surface area contributed by atoms with Crippen molar-refractivity contribution in [1.29, 1.82) is 0 Å². The third-order valence-electron chi connectivity index (χ3n) is 3.35. The Balaban J connectivity index is 2.13. The summed E-state index contributed by atoms with van der Waals surface area (Å²) in [5.41, 5.74) is 3.62. The number of benzene rings is 3. The van der Waals surface area contributed by atoms with E-state index < -0.39 is 21.3 Å². The van der Waals surface area contributed by atoms with Crippen LogP contribution in [0.3, 0.4) is 0 Å². The number of hydrogen-bond acceptors (Lipinski definition) is 1. The second-order valence-corrected chi connectivity index (χ2v) is 5.68. The molecule has 0 amide bonds. The molecule has 2 N–H and O–H groups in total. The van der Waals surface area contributed by atoms with Gasteiger partial charge < -0.3 is 0 Å². The van der Waals surface area contributed by atoms with Crippen molar-refractivity contribution in [3.05, 3.63) is 77.9 Å². The van der Waals surface area contributed by atoms with E-state index >= 15 is 0 Å². The van der Waals surface area contributed by atoms with E-state index in [1.807, 2.05) is 6.07 Å². The van der Waals surface area contributed by atoms with Gasteiger partial charge in [-0.25, -0.2) is 3.15 Å². The van der Waals surface area contributed by atoms with Gasteiger partial charge in [0, 0.05) is 5.39 Å². The first-order valence-electron chi connectivity index (χ1n) is 6.47. The fraction of sp³-hybridized carbons (Fsp3) is 0.0588. The first-order chi connectivity index (χ1) is 9.88. The van der Waals surface area contributed by atoms with Gasteiger partial charge in [-0.15, -0.1) is 0 Å². The molecule has 3 rings (SSSR count). The SMILES string of the molecule is NI=Nc1c(Cc2ccccc2)ccc2ccccc12. The summed E-state index contributed by atoms with van der Waals surface area (Å²) in [6.45, 7) is 0. The lowest BCUT2D eigenvalue weighted by Gasteiger charge is -2.09. The van der Waals surface area contributed by atoms with Crippen molar-refractivity contribution in [1.82, 2.24) is 0 Å². The van der Waals surface area contributed by atoms with Crippen LogP contribution in [0.2, 0.25) is 0 Å². The molecule has 0 aromatic heterocycles. The summed E-state index contributed by atoms with van der Waals surface area (Å²) in [5, 5.41) is 2.42. The van der Waals surface area contributed by atoms with Gasteiger partial charge in [-0.05, 0) is 22.9 Å². The fourth-order valence-electron chi connectivity index (χ4n) is 2.41. The summed E-state index contributed by atoms with van der Waals surface area (Å²) in [5.74, 6) is 0. The van der Waals surface area contributed by atoms with Gasteiger partial charge >= 0.3 is 0 Å². The van der Waals surface area contributed by atoms with Crippen molar-refractivity contribution in [2.24, 2.45) is 7.09 Å². The molecular formula is C17H15IN2. The summed E-state index contributed by atoms with van der Waals surface area (Å²) >= 11 is -0.614. The predicted molar refractivity (Wildman–Crippen MR) is 93.5 cm³/mol. The van der Waals surface area contributed by atoms with E-state index in [-0.39, 0.29) is 0 Å². The van der Waals surface area contributed by atoms with Gasteiger partial charge in [0.15, 0.2) is 0 Å². The van der Waals surface area contributed by atoms with E-state index in [1.54, 1.807) is 0 Å². The standard InChI is InChI=1S/C17H15IN2/c19-18-20-17-15(12-13-6-2-1-3-7-13)11-10-14-8-4-5-9-16(14)17/h1-11H,12H2,(H2,19,20). The number of nitrogens with zero attached hydrogens (tertiary/aromatic N) is 1. The lowest BCUT2D eigenvalue weighted by Crippen LogP contribution is -1.89.